The minimum absolute atomic E-state index is 0.00909. The average Bonchev–Trinajstić information content (AvgIpc) is 3.59. The Morgan fingerprint density at radius 1 is 1.10 bits per heavy atom. The van der Waals surface area contributed by atoms with Crippen LogP contribution in [0.3, 0.4) is 0 Å². The predicted octanol–water partition coefficient (Wildman–Crippen LogP) is 5.05. The van der Waals surface area contributed by atoms with Crippen LogP contribution in [0, 0.1) is 6.92 Å². The Balaban J connectivity index is 1.57. The molecule has 1 saturated heterocycles. The summed E-state index contributed by atoms with van der Waals surface area (Å²) < 4.78 is 53.3. The fourth-order valence-corrected chi connectivity index (χ4v) is 5.38. The van der Waals surface area contributed by atoms with E-state index in [1.54, 1.807) is 32.3 Å². The first-order chi connectivity index (χ1) is 19.7. The quantitative estimate of drug-likeness (QED) is 0.258. The van der Waals surface area contributed by atoms with Gasteiger partial charge in [0, 0.05) is 74.5 Å². The van der Waals surface area contributed by atoms with Gasteiger partial charge < -0.3 is 19.8 Å². The lowest BCUT2D eigenvalue weighted by Crippen LogP contribution is -2.34. The van der Waals surface area contributed by atoms with Gasteiger partial charge in [0.25, 0.3) is 0 Å². The van der Waals surface area contributed by atoms with Gasteiger partial charge in [-0.05, 0) is 31.9 Å². The Morgan fingerprint density at radius 3 is 2.59 bits per heavy atom. The minimum Gasteiger partial charge on any atom is -0.421 e. The van der Waals surface area contributed by atoms with E-state index >= 15 is 0 Å². The zero-order valence-electron chi connectivity index (χ0n) is 22.2. The van der Waals surface area contributed by atoms with E-state index < -0.39 is 17.9 Å². The van der Waals surface area contributed by atoms with E-state index in [-0.39, 0.29) is 34.2 Å². The Bertz CT molecular complexity index is 1520. The first kappa shape index (κ1) is 28.6. The first-order valence-corrected chi connectivity index (χ1v) is 13.7. The molecule has 0 aromatic carbocycles. The molecule has 1 aliphatic heterocycles. The fraction of sp³-hybridized carbons (Fsp3) is 0.385. The summed E-state index contributed by atoms with van der Waals surface area (Å²) in [4.78, 5) is 24.9. The standard InChI is InChI=1S/C26H27F3N8O3S/c1-3-31-25(38)34-21-9-18(19(12-33-21)15-8-16(11-30-10-15)23-37-36-14(2)40-23)24-35-22(26(27,28)29)20(41-24)13-32-17-4-6-39-7-5-17/h8-12,17,32H,3-7,13H2,1-2H3,(H2,31,33,34,38). The van der Waals surface area contributed by atoms with E-state index in [0.717, 1.165) is 24.2 Å². The molecule has 3 N–H and O–H groups in total. The number of nitrogens with zero attached hydrogens (tertiary/aromatic N) is 5. The van der Waals surface area contributed by atoms with Crippen molar-refractivity contribution in [1.29, 1.82) is 0 Å². The van der Waals surface area contributed by atoms with Crippen molar-refractivity contribution in [2.45, 2.75) is 45.5 Å². The Kier molecular flexibility index (Phi) is 8.56. The van der Waals surface area contributed by atoms with Gasteiger partial charge in [-0.1, -0.05) is 0 Å². The number of carbonyl (C=O) groups excluding carboxylic acids is 1. The molecule has 0 unspecified atom stereocenters. The third-order valence-corrected chi connectivity index (χ3v) is 7.36. The summed E-state index contributed by atoms with van der Waals surface area (Å²) in [6.07, 6.45) is 1.34. The molecule has 5 rings (SSSR count). The summed E-state index contributed by atoms with van der Waals surface area (Å²) in [6.45, 7) is 4.94. The van der Waals surface area contributed by atoms with Crippen molar-refractivity contribution in [3.8, 4) is 33.2 Å². The maximum absolute atomic E-state index is 14.1. The predicted molar refractivity (Wildman–Crippen MR) is 145 cm³/mol. The zero-order valence-corrected chi connectivity index (χ0v) is 23.0. The Morgan fingerprint density at radius 2 is 1.88 bits per heavy atom. The number of aryl methyl sites for hydroxylation is 1. The second-order valence-electron chi connectivity index (χ2n) is 9.24. The number of rotatable bonds is 8. The molecule has 5 heterocycles. The molecule has 0 spiro atoms. The average molecular weight is 589 g/mol. The molecule has 0 saturated carbocycles. The van der Waals surface area contributed by atoms with Gasteiger partial charge in [0.05, 0.1) is 10.4 Å². The smallest absolute Gasteiger partial charge is 0.421 e. The van der Waals surface area contributed by atoms with Crippen LogP contribution < -0.4 is 16.0 Å². The lowest BCUT2D eigenvalue weighted by molar-refractivity contribution is -0.141. The van der Waals surface area contributed by atoms with Crippen molar-refractivity contribution in [1.82, 2.24) is 35.8 Å². The van der Waals surface area contributed by atoms with Crippen LogP contribution in [0.25, 0.3) is 33.2 Å². The highest BCUT2D eigenvalue weighted by atomic mass is 32.1. The highest BCUT2D eigenvalue weighted by molar-refractivity contribution is 7.15. The third kappa shape index (κ3) is 6.86. The molecular formula is C26H27F3N8O3S. The molecular weight excluding hydrogens is 561 g/mol. The number of urea groups is 1. The largest absolute Gasteiger partial charge is 0.434 e. The molecule has 1 aliphatic rings. The first-order valence-electron chi connectivity index (χ1n) is 12.9. The van der Waals surface area contributed by atoms with Crippen molar-refractivity contribution < 1.29 is 27.1 Å². The van der Waals surface area contributed by atoms with Crippen LogP contribution in [0.15, 0.2) is 35.1 Å². The molecule has 216 valence electrons. The van der Waals surface area contributed by atoms with E-state index in [0.29, 0.717) is 47.9 Å². The number of hydrogen-bond acceptors (Lipinski definition) is 10. The normalized spacial score (nSPS) is 14.3. The van der Waals surface area contributed by atoms with Gasteiger partial charge in [-0.15, -0.1) is 21.5 Å². The van der Waals surface area contributed by atoms with Crippen molar-refractivity contribution in [2.75, 3.05) is 25.1 Å². The minimum atomic E-state index is -4.66. The molecule has 0 radical (unpaired) electrons. The van der Waals surface area contributed by atoms with E-state index in [9.17, 15) is 18.0 Å². The lowest BCUT2D eigenvalue weighted by Gasteiger charge is -2.23. The molecule has 41 heavy (non-hydrogen) atoms. The fourth-order valence-electron chi connectivity index (χ4n) is 4.32. The highest BCUT2D eigenvalue weighted by Gasteiger charge is 2.38. The molecule has 1 fully saturated rings. The molecule has 0 atom stereocenters. The number of thiazole rings is 1. The Hall–Kier alpha value is -3.95. The monoisotopic (exact) mass is 588 g/mol. The number of amides is 2. The number of pyridine rings is 2. The molecule has 15 heteroatoms. The molecule has 4 aromatic rings. The maximum Gasteiger partial charge on any atom is 0.434 e. The molecule has 0 bridgehead atoms. The zero-order chi connectivity index (χ0) is 29.0. The van der Waals surface area contributed by atoms with Gasteiger partial charge in [0.1, 0.15) is 10.8 Å². The van der Waals surface area contributed by atoms with Crippen LogP contribution in [0.4, 0.5) is 23.8 Å². The van der Waals surface area contributed by atoms with Crippen LogP contribution >= 0.6 is 11.3 Å². The van der Waals surface area contributed by atoms with Crippen LogP contribution in [0.5, 0.6) is 0 Å². The maximum atomic E-state index is 14.1. The van der Waals surface area contributed by atoms with Crippen LogP contribution in [0.1, 0.15) is 36.2 Å². The lowest BCUT2D eigenvalue weighted by atomic mass is 10.0. The number of anilines is 1. The van der Waals surface area contributed by atoms with Gasteiger partial charge in [0.2, 0.25) is 11.8 Å². The molecule has 2 amide bonds. The number of nitrogens with one attached hydrogen (secondary N) is 3. The van der Waals surface area contributed by atoms with Crippen molar-refractivity contribution >= 4 is 23.2 Å². The van der Waals surface area contributed by atoms with Gasteiger partial charge in [-0.25, -0.2) is 14.8 Å². The summed E-state index contributed by atoms with van der Waals surface area (Å²) in [7, 11) is 0. The summed E-state index contributed by atoms with van der Waals surface area (Å²) in [5.41, 5.74) is 0.918. The third-order valence-electron chi connectivity index (χ3n) is 6.27. The van der Waals surface area contributed by atoms with Gasteiger partial charge in [-0.3, -0.25) is 10.3 Å². The van der Waals surface area contributed by atoms with E-state index in [1.807, 2.05) is 0 Å². The highest BCUT2D eigenvalue weighted by Crippen LogP contribution is 2.41. The number of aromatic nitrogens is 5. The number of hydrogen-bond donors (Lipinski definition) is 3. The summed E-state index contributed by atoms with van der Waals surface area (Å²) >= 11 is 0.936. The summed E-state index contributed by atoms with van der Waals surface area (Å²) in [5.74, 6) is 0.769. The van der Waals surface area contributed by atoms with E-state index in [4.69, 9.17) is 9.15 Å². The Labute approximate surface area is 237 Å². The topological polar surface area (TPSA) is 140 Å². The summed E-state index contributed by atoms with van der Waals surface area (Å²) in [5, 5.41) is 16.4. The number of carbonyl (C=O) groups is 1. The number of halogens is 3. The number of alkyl halides is 3. The molecule has 11 nitrogen and oxygen atoms in total. The second-order valence-corrected chi connectivity index (χ2v) is 10.3. The van der Waals surface area contributed by atoms with Crippen molar-refractivity contribution in [3.63, 3.8) is 0 Å². The number of ether oxygens (including phenoxy) is 1. The second kappa shape index (κ2) is 12.3. The van der Waals surface area contributed by atoms with E-state index in [2.05, 4.69) is 41.1 Å². The van der Waals surface area contributed by atoms with Crippen molar-refractivity contribution in [2.24, 2.45) is 0 Å². The van der Waals surface area contributed by atoms with Crippen LogP contribution in [-0.4, -0.2) is 57.0 Å². The SMILES string of the molecule is CCNC(=O)Nc1cc(-c2nc(C(F)(F)F)c(CNC3CCOCC3)s2)c(-c2cncc(-c3nnc(C)o3)c2)cn1. The van der Waals surface area contributed by atoms with Crippen LogP contribution in [0.2, 0.25) is 0 Å². The van der Waals surface area contributed by atoms with Gasteiger partial charge >= 0.3 is 12.2 Å². The molecule has 0 aliphatic carbocycles. The van der Waals surface area contributed by atoms with Gasteiger partial charge in [0.15, 0.2) is 5.69 Å². The van der Waals surface area contributed by atoms with Gasteiger partial charge in [-0.2, -0.15) is 13.2 Å². The van der Waals surface area contributed by atoms with Crippen molar-refractivity contribution in [3.05, 3.63) is 47.2 Å². The van der Waals surface area contributed by atoms with E-state index in [1.165, 1.54) is 12.3 Å². The molecule has 4 aromatic heterocycles. The van der Waals surface area contributed by atoms with Crippen LogP contribution in [-0.2, 0) is 17.5 Å². The summed E-state index contributed by atoms with van der Waals surface area (Å²) in [6, 6.07) is 2.79.